The molecule has 0 bridgehead atoms. The van der Waals surface area contributed by atoms with Gasteiger partial charge in [-0.1, -0.05) is 34.1 Å². The van der Waals surface area contributed by atoms with E-state index in [4.69, 9.17) is 0 Å². The molecule has 2 aromatic carbocycles. The average Bonchev–Trinajstić information content (AvgIpc) is 2.86. The van der Waals surface area contributed by atoms with Gasteiger partial charge in [0.15, 0.2) is 5.78 Å². The van der Waals surface area contributed by atoms with E-state index in [0.717, 1.165) is 21.1 Å². The summed E-state index contributed by atoms with van der Waals surface area (Å²) < 4.78 is 1.48. The van der Waals surface area contributed by atoms with Gasteiger partial charge in [0.05, 0.1) is 15.0 Å². The van der Waals surface area contributed by atoms with Crippen LogP contribution in [0.3, 0.4) is 0 Å². The number of rotatable bonds is 4. The summed E-state index contributed by atoms with van der Waals surface area (Å²) in [7, 11) is 0. The number of phenols is 1. The van der Waals surface area contributed by atoms with Gasteiger partial charge in [0.1, 0.15) is 5.75 Å². The molecule has 0 saturated carbocycles. The third-order valence-electron chi connectivity index (χ3n) is 3.61. The number of ketones is 1. The lowest BCUT2D eigenvalue weighted by Crippen LogP contribution is -2.33. The molecular weight excluding hydrogens is 533 g/mol. The van der Waals surface area contributed by atoms with Crippen LogP contribution in [0.4, 0.5) is 4.79 Å². The number of hydrogen-bond donors (Lipinski definition) is 1. The van der Waals surface area contributed by atoms with E-state index in [0.29, 0.717) is 14.7 Å². The molecule has 0 aliphatic carbocycles. The number of imide groups is 1. The number of Topliss-reactive ketones (excluding diaryl/α,β-unsaturated/α-hetero) is 1. The SMILES string of the molecule is O=C(CN1C(=O)S/C(=C\c2ccc(O)c(I)c2)C1=O)c1ccc(Br)cc1. The monoisotopic (exact) mass is 543 g/mol. The molecule has 5 nitrogen and oxygen atoms in total. The van der Waals surface area contributed by atoms with E-state index in [1.165, 1.54) is 6.07 Å². The molecule has 26 heavy (non-hydrogen) atoms. The smallest absolute Gasteiger partial charge is 0.293 e. The van der Waals surface area contributed by atoms with Crippen molar-refractivity contribution in [1.82, 2.24) is 4.90 Å². The summed E-state index contributed by atoms with van der Waals surface area (Å²) in [6.45, 7) is -0.295. The van der Waals surface area contributed by atoms with Crippen molar-refractivity contribution in [2.75, 3.05) is 6.54 Å². The van der Waals surface area contributed by atoms with Crippen molar-refractivity contribution in [3.05, 3.63) is 66.5 Å². The fourth-order valence-electron chi connectivity index (χ4n) is 2.27. The molecule has 1 fully saturated rings. The standard InChI is InChI=1S/C18H11BrINO4S/c19-12-4-2-11(3-5-12)15(23)9-21-17(24)16(26-18(21)25)8-10-1-6-14(22)13(20)7-10/h1-8,22H,9H2/b16-8-. The second kappa shape index (κ2) is 7.93. The van der Waals surface area contributed by atoms with Gasteiger partial charge in [0.2, 0.25) is 0 Å². The Balaban J connectivity index is 1.78. The number of phenolic OH excluding ortho intramolecular Hbond substituents is 1. The lowest BCUT2D eigenvalue weighted by molar-refractivity contribution is -0.122. The van der Waals surface area contributed by atoms with Crippen molar-refractivity contribution in [2.45, 2.75) is 0 Å². The minimum absolute atomic E-state index is 0.149. The van der Waals surface area contributed by atoms with Crippen LogP contribution in [-0.4, -0.2) is 33.5 Å². The van der Waals surface area contributed by atoms with Gasteiger partial charge in [-0.05, 0) is 70.3 Å². The lowest BCUT2D eigenvalue weighted by atomic mass is 10.1. The summed E-state index contributed by atoms with van der Waals surface area (Å²) in [5, 5.41) is 9.09. The predicted octanol–water partition coefficient (Wildman–Crippen LogP) is 4.68. The maximum absolute atomic E-state index is 12.5. The second-order valence-electron chi connectivity index (χ2n) is 5.41. The number of hydrogen-bond acceptors (Lipinski definition) is 5. The predicted molar refractivity (Wildman–Crippen MR) is 112 cm³/mol. The van der Waals surface area contributed by atoms with Gasteiger partial charge in [-0.3, -0.25) is 19.3 Å². The summed E-state index contributed by atoms with van der Waals surface area (Å²) in [6, 6.07) is 11.6. The van der Waals surface area contributed by atoms with Crippen molar-refractivity contribution >= 4 is 73.3 Å². The van der Waals surface area contributed by atoms with Gasteiger partial charge < -0.3 is 5.11 Å². The van der Waals surface area contributed by atoms with Crippen LogP contribution in [0, 0.1) is 3.57 Å². The van der Waals surface area contributed by atoms with Gasteiger partial charge in [-0.15, -0.1) is 0 Å². The van der Waals surface area contributed by atoms with Gasteiger partial charge >= 0.3 is 0 Å². The molecule has 0 atom stereocenters. The molecule has 0 radical (unpaired) electrons. The molecule has 1 aliphatic rings. The first kappa shape index (κ1) is 19.1. The molecule has 1 N–H and O–H groups in total. The topological polar surface area (TPSA) is 74.7 Å². The number of benzene rings is 2. The lowest BCUT2D eigenvalue weighted by Gasteiger charge is -2.11. The van der Waals surface area contributed by atoms with E-state index in [9.17, 15) is 19.5 Å². The maximum atomic E-state index is 12.5. The van der Waals surface area contributed by atoms with E-state index >= 15 is 0 Å². The summed E-state index contributed by atoms with van der Waals surface area (Å²) in [6.07, 6.45) is 1.58. The third kappa shape index (κ3) is 4.18. The molecule has 0 spiro atoms. The Morgan fingerprint density at radius 1 is 1.19 bits per heavy atom. The first-order chi connectivity index (χ1) is 12.3. The normalized spacial score (nSPS) is 15.8. The van der Waals surface area contributed by atoms with Gasteiger partial charge in [-0.2, -0.15) is 0 Å². The molecule has 2 aromatic rings. The maximum Gasteiger partial charge on any atom is 0.293 e. The summed E-state index contributed by atoms with van der Waals surface area (Å²) in [4.78, 5) is 38.2. The minimum Gasteiger partial charge on any atom is -0.507 e. The Morgan fingerprint density at radius 3 is 2.54 bits per heavy atom. The molecular formula is C18H11BrINO4S. The molecule has 0 unspecified atom stereocenters. The Bertz CT molecular complexity index is 943. The van der Waals surface area contributed by atoms with Crippen LogP contribution in [0.25, 0.3) is 6.08 Å². The molecule has 3 rings (SSSR count). The Kier molecular flexibility index (Phi) is 5.83. The zero-order valence-electron chi connectivity index (χ0n) is 13.1. The Hall–Kier alpha value is -1.65. The van der Waals surface area contributed by atoms with Crippen molar-refractivity contribution in [2.24, 2.45) is 0 Å². The number of nitrogens with zero attached hydrogens (tertiary/aromatic N) is 1. The zero-order valence-corrected chi connectivity index (χ0v) is 17.7. The van der Waals surface area contributed by atoms with Crippen molar-refractivity contribution in [3.63, 3.8) is 0 Å². The highest BCUT2D eigenvalue weighted by Gasteiger charge is 2.36. The first-order valence-electron chi connectivity index (χ1n) is 7.38. The number of carbonyl (C=O) groups is 3. The molecule has 2 amide bonds. The highest BCUT2D eigenvalue weighted by atomic mass is 127. The number of thioether (sulfide) groups is 1. The minimum atomic E-state index is -0.492. The van der Waals surface area contributed by atoms with Gasteiger partial charge in [-0.25, -0.2) is 0 Å². The molecule has 1 saturated heterocycles. The molecule has 1 heterocycles. The number of halogens is 2. The highest BCUT2D eigenvalue weighted by molar-refractivity contribution is 14.1. The summed E-state index contributed by atoms with van der Waals surface area (Å²) >= 11 is 6.07. The largest absolute Gasteiger partial charge is 0.507 e. The fourth-order valence-corrected chi connectivity index (χ4v) is 3.91. The quantitative estimate of drug-likeness (QED) is 0.344. The van der Waals surface area contributed by atoms with Crippen LogP contribution < -0.4 is 0 Å². The fraction of sp³-hybridized carbons (Fsp3) is 0.0556. The third-order valence-corrected chi connectivity index (χ3v) is 5.91. The van der Waals surface area contributed by atoms with Crippen LogP contribution in [-0.2, 0) is 4.79 Å². The molecule has 132 valence electrons. The van der Waals surface area contributed by atoms with E-state index in [-0.39, 0.29) is 23.0 Å². The van der Waals surface area contributed by atoms with Gasteiger partial charge in [0.25, 0.3) is 11.1 Å². The number of aromatic hydroxyl groups is 1. The highest BCUT2D eigenvalue weighted by Crippen LogP contribution is 2.33. The van der Waals surface area contributed by atoms with Crippen molar-refractivity contribution < 1.29 is 19.5 Å². The zero-order chi connectivity index (χ0) is 18.8. The van der Waals surface area contributed by atoms with E-state index < -0.39 is 11.1 Å². The molecule has 1 aliphatic heterocycles. The van der Waals surface area contributed by atoms with E-state index in [1.807, 2.05) is 22.6 Å². The summed E-state index contributed by atoms with van der Waals surface area (Å²) in [5.41, 5.74) is 1.13. The van der Waals surface area contributed by atoms with Crippen LogP contribution in [0.5, 0.6) is 5.75 Å². The van der Waals surface area contributed by atoms with E-state index in [2.05, 4.69) is 15.9 Å². The Labute approximate surface area is 175 Å². The summed E-state index contributed by atoms with van der Waals surface area (Å²) in [5.74, 6) is -0.648. The average molecular weight is 544 g/mol. The molecule has 0 aromatic heterocycles. The van der Waals surface area contributed by atoms with E-state index in [1.54, 1.807) is 42.5 Å². The van der Waals surface area contributed by atoms with Crippen LogP contribution in [0.2, 0.25) is 0 Å². The Morgan fingerprint density at radius 2 is 1.88 bits per heavy atom. The van der Waals surface area contributed by atoms with Crippen LogP contribution in [0.15, 0.2) is 51.8 Å². The number of amides is 2. The van der Waals surface area contributed by atoms with Crippen molar-refractivity contribution in [3.8, 4) is 5.75 Å². The van der Waals surface area contributed by atoms with Gasteiger partial charge in [0, 0.05) is 10.0 Å². The van der Waals surface area contributed by atoms with Crippen LogP contribution >= 0.6 is 50.3 Å². The number of carbonyl (C=O) groups excluding carboxylic acids is 3. The molecule has 8 heteroatoms. The van der Waals surface area contributed by atoms with Crippen LogP contribution in [0.1, 0.15) is 15.9 Å². The van der Waals surface area contributed by atoms with Crippen molar-refractivity contribution in [1.29, 1.82) is 0 Å². The first-order valence-corrected chi connectivity index (χ1v) is 10.1. The second-order valence-corrected chi connectivity index (χ2v) is 8.48.